The van der Waals surface area contributed by atoms with Crippen LogP contribution >= 0.6 is 0 Å². The molecule has 2 bridgehead atoms. The normalized spacial score (nSPS) is 24.0. The van der Waals surface area contributed by atoms with Crippen LogP contribution in [-0.4, -0.2) is 37.9 Å². The van der Waals surface area contributed by atoms with E-state index in [-0.39, 0.29) is 17.8 Å². The molecule has 8 nitrogen and oxygen atoms in total. The summed E-state index contributed by atoms with van der Waals surface area (Å²) in [5, 5.41) is 8.47. The van der Waals surface area contributed by atoms with Gasteiger partial charge in [0.05, 0.1) is 19.8 Å². The minimum absolute atomic E-state index is 0.177. The van der Waals surface area contributed by atoms with Gasteiger partial charge in [-0.1, -0.05) is 65.9 Å². The van der Waals surface area contributed by atoms with Crippen LogP contribution in [0.4, 0.5) is 0 Å². The lowest BCUT2D eigenvalue weighted by Crippen LogP contribution is -2.41. The summed E-state index contributed by atoms with van der Waals surface area (Å²) in [6, 6.07) is 23.1. The fourth-order valence-corrected chi connectivity index (χ4v) is 4.53. The Morgan fingerprint density at radius 3 is 2.22 bits per heavy atom. The first-order valence-corrected chi connectivity index (χ1v) is 10.7. The van der Waals surface area contributed by atoms with Crippen LogP contribution in [0.1, 0.15) is 17.4 Å². The first-order chi connectivity index (χ1) is 15.8. The molecule has 4 heterocycles. The van der Waals surface area contributed by atoms with Gasteiger partial charge in [0.2, 0.25) is 0 Å². The number of ether oxygens (including phenoxy) is 3. The maximum Gasteiger partial charge on any atom is 0.254 e. The summed E-state index contributed by atoms with van der Waals surface area (Å²) in [7, 11) is 0. The standard InChI is InChI=1S/C24H22N4O4/c29-20-12-11-18-23-27(26-25-18)13-19-21(30-14-16-7-3-1-4-8-16)22(24(32-19)28(20)23)31-15-17-9-5-2-6-10-17/h1-12,19,21-22,24H,13-15H2/t19-,21-,22-,24+/m1/s1. The molecule has 0 unspecified atom stereocenters. The van der Waals surface area contributed by atoms with E-state index in [4.69, 9.17) is 14.2 Å². The highest BCUT2D eigenvalue weighted by atomic mass is 16.6. The molecule has 0 saturated carbocycles. The smallest absolute Gasteiger partial charge is 0.254 e. The maximum atomic E-state index is 12.9. The summed E-state index contributed by atoms with van der Waals surface area (Å²) in [5.74, 6) is 0. The van der Waals surface area contributed by atoms with Crippen LogP contribution in [0.2, 0.25) is 0 Å². The molecule has 2 aromatic carbocycles. The minimum atomic E-state index is -0.625. The fourth-order valence-electron chi connectivity index (χ4n) is 4.53. The van der Waals surface area contributed by atoms with Crippen molar-refractivity contribution in [1.29, 1.82) is 0 Å². The molecule has 4 aromatic rings. The lowest BCUT2D eigenvalue weighted by molar-refractivity contribution is -0.0909. The molecule has 0 aliphatic carbocycles. The zero-order chi connectivity index (χ0) is 21.5. The molecule has 6 rings (SSSR count). The second-order valence-corrected chi connectivity index (χ2v) is 8.11. The monoisotopic (exact) mass is 430 g/mol. The molecule has 1 fully saturated rings. The van der Waals surface area contributed by atoms with Crippen molar-refractivity contribution < 1.29 is 14.2 Å². The Morgan fingerprint density at radius 2 is 1.53 bits per heavy atom. The third-order valence-electron chi connectivity index (χ3n) is 6.05. The second kappa shape index (κ2) is 7.98. The molecule has 0 radical (unpaired) electrons. The molecular formula is C24H22N4O4. The zero-order valence-corrected chi connectivity index (χ0v) is 17.3. The van der Waals surface area contributed by atoms with Crippen LogP contribution in [0.25, 0.3) is 11.2 Å². The zero-order valence-electron chi connectivity index (χ0n) is 17.3. The molecule has 2 aromatic heterocycles. The molecule has 162 valence electrons. The summed E-state index contributed by atoms with van der Waals surface area (Å²) < 4.78 is 22.4. The largest absolute Gasteiger partial charge is 0.368 e. The van der Waals surface area contributed by atoms with Crippen LogP contribution in [0.3, 0.4) is 0 Å². The van der Waals surface area contributed by atoms with E-state index in [1.54, 1.807) is 15.3 Å². The van der Waals surface area contributed by atoms with Crippen LogP contribution in [-0.2, 0) is 34.0 Å². The molecule has 4 atom stereocenters. The fraction of sp³-hybridized carbons (Fsp3) is 0.292. The number of pyridine rings is 1. The number of aromatic nitrogens is 4. The van der Waals surface area contributed by atoms with Crippen LogP contribution in [0.15, 0.2) is 77.6 Å². The lowest BCUT2D eigenvalue weighted by atomic mass is 10.1. The van der Waals surface area contributed by atoms with Gasteiger partial charge < -0.3 is 14.2 Å². The van der Waals surface area contributed by atoms with Gasteiger partial charge in [0.15, 0.2) is 11.9 Å². The van der Waals surface area contributed by atoms with E-state index in [0.717, 1.165) is 11.1 Å². The lowest BCUT2D eigenvalue weighted by Gasteiger charge is -2.27. The molecule has 0 spiro atoms. The number of benzene rings is 2. The van der Waals surface area contributed by atoms with E-state index in [0.29, 0.717) is 30.9 Å². The van der Waals surface area contributed by atoms with E-state index in [9.17, 15) is 4.79 Å². The molecule has 2 aliphatic heterocycles. The van der Waals surface area contributed by atoms with Gasteiger partial charge in [0.25, 0.3) is 5.56 Å². The number of hydrogen-bond donors (Lipinski definition) is 0. The second-order valence-electron chi connectivity index (χ2n) is 8.11. The van der Waals surface area contributed by atoms with E-state index in [2.05, 4.69) is 10.3 Å². The molecule has 1 saturated heterocycles. The molecule has 8 heteroatoms. The molecular weight excluding hydrogens is 408 g/mol. The predicted octanol–water partition coefficient (Wildman–Crippen LogP) is 2.67. The predicted molar refractivity (Wildman–Crippen MR) is 116 cm³/mol. The number of hydrogen-bond acceptors (Lipinski definition) is 6. The van der Waals surface area contributed by atoms with E-state index in [1.807, 2.05) is 60.7 Å². The number of fused-ring (bicyclic) bond motifs is 3. The number of rotatable bonds is 6. The Hall–Kier alpha value is -3.33. The summed E-state index contributed by atoms with van der Waals surface area (Å²) in [5.41, 5.74) is 3.24. The van der Waals surface area contributed by atoms with Crippen molar-refractivity contribution in [2.24, 2.45) is 0 Å². The van der Waals surface area contributed by atoms with Crippen molar-refractivity contribution >= 4 is 11.2 Å². The van der Waals surface area contributed by atoms with Crippen LogP contribution in [0, 0.1) is 0 Å². The average Bonchev–Trinajstić information content (AvgIpc) is 3.33. The van der Waals surface area contributed by atoms with E-state index >= 15 is 0 Å². The third kappa shape index (κ3) is 3.33. The third-order valence-corrected chi connectivity index (χ3v) is 6.05. The Bertz CT molecular complexity index is 1290. The SMILES string of the molecule is O=c1ccc2nnn3c2n1[C@H]1O[C@H](C3)[C@@H](OCc2ccccc2)[C@H]1OCc1ccccc1. The first-order valence-electron chi connectivity index (χ1n) is 10.7. The Labute approximate surface area is 183 Å². The van der Waals surface area contributed by atoms with Crippen molar-refractivity contribution in [1.82, 2.24) is 19.6 Å². The van der Waals surface area contributed by atoms with Gasteiger partial charge in [0, 0.05) is 6.07 Å². The van der Waals surface area contributed by atoms with E-state index < -0.39 is 12.3 Å². The van der Waals surface area contributed by atoms with Crippen molar-refractivity contribution in [3.05, 3.63) is 94.3 Å². The quantitative estimate of drug-likeness (QED) is 0.468. The highest BCUT2D eigenvalue weighted by Gasteiger charge is 2.50. The van der Waals surface area contributed by atoms with Crippen molar-refractivity contribution in [3.63, 3.8) is 0 Å². The van der Waals surface area contributed by atoms with Gasteiger partial charge in [0.1, 0.15) is 23.8 Å². The summed E-state index contributed by atoms with van der Waals surface area (Å²) in [6.07, 6.45) is -1.78. The topological polar surface area (TPSA) is 80.4 Å². The number of nitrogens with zero attached hydrogens (tertiary/aromatic N) is 4. The highest BCUT2D eigenvalue weighted by molar-refractivity contribution is 5.70. The minimum Gasteiger partial charge on any atom is -0.368 e. The first kappa shape index (κ1) is 19.4. The van der Waals surface area contributed by atoms with Crippen molar-refractivity contribution in [3.8, 4) is 0 Å². The maximum absolute atomic E-state index is 12.9. The summed E-state index contributed by atoms with van der Waals surface area (Å²) in [6.45, 7) is 1.25. The Kier molecular flexibility index (Phi) is 4.83. The Balaban J connectivity index is 1.36. The van der Waals surface area contributed by atoms with Crippen LogP contribution < -0.4 is 5.56 Å². The van der Waals surface area contributed by atoms with Crippen molar-refractivity contribution in [2.75, 3.05) is 0 Å². The van der Waals surface area contributed by atoms with E-state index in [1.165, 1.54) is 6.07 Å². The van der Waals surface area contributed by atoms with Crippen LogP contribution in [0.5, 0.6) is 0 Å². The van der Waals surface area contributed by atoms with Gasteiger partial charge in [-0.3, -0.25) is 9.36 Å². The molecule has 0 N–H and O–H groups in total. The highest BCUT2D eigenvalue weighted by Crippen LogP contribution is 2.38. The molecule has 2 aliphatic rings. The van der Waals surface area contributed by atoms with Gasteiger partial charge in [-0.25, -0.2) is 4.68 Å². The average molecular weight is 430 g/mol. The van der Waals surface area contributed by atoms with Gasteiger partial charge in [-0.2, -0.15) is 0 Å². The van der Waals surface area contributed by atoms with Gasteiger partial charge >= 0.3 is 0 Å². The molecule has 0 amide bonds. The summed E-state index contributed by atoms with van der Waals surface area (Å²) >= 11 is 0. The van der Waals surface area contributed by atoms with Gasteiger partial charge in [-0.05, 0) is 17.2 Å². The Morgan fingerprint density at radius 1 is 0.875 bits per heavy atom. The summed E-state index contributed by atoms with van der Waals surface area (Å²) in [4.78, 5) is 12.9. The van der Waals surface area contributed by atoms with Gasteiger partial charge in [-0.15, -0.1) is 5.10 Å². The molecule has 32 heavy (non-hydrogen) atoms. The van der Waals surface area contributed by atoms with Crippen molar-refractivity contribution in [2.45, 2.75) is 44.3 Å².